The van der Waals surface area contributed by atoms with Gasteiger partial charge in [0.15, 0.2) is 5.69 Å². The average molecular weight is 223 g/mol. The van der Waals surface area contributed by atoms with Crippen molar-refractivity contribution >= 4 is 12.0 Å². The highest BCUT2D eigenvalue weighted by Gasteiger charge is 2.14. The van der Waals surface area contributed by atoms with Crippen molar-refractivity contribution in [1.29, 1.82) is 0 Å². The van der Waals surface area contributed by atoms with E-state index >= 15 is 0 Å². The molecule has 0 saturated carbocycles. The minimum atomic E-state index is -1.24. The van der Waals surface area contributed by atoms with Gasteiger partial charge in [0.25, 0.3) is 5.70 Å². The molecule has 1 aromatic rings. The number of aromatic amines is 1. The number of nitrogens with zero attached hydrogens (tertiary/aromatic N) is 2. The van der Waals surface area contributed by atoms with Crippen LogP contribution < -0.4 is 0 Å². The number of carboxylic acid groups (broad SMARTS) is 1. The van der Waals surface area contributed by atoms with Crippen LogP contribution in [0.5, 0.6) is 0 Å². The van der Waals surface area contributed by atoms with Gasteiger partial charge in [0.05, 0.1) is 4.92 Å². The molecule has 1 aromatic heterocycles. The molecule has 0 amide bonds. The first kappa shape index (κ1) is 11.6. The van der Waals surface area contributed by atoms with Gasteiger partial charge in [-0.15, -0.1) is 0 Å². The summed E-state index contributed by atoms with van der Waals surface area (Å²) in [7, 11) is 0. The van der Waals surface area contributed by atoms with Crippen LogP contribution in [0.3, 0.4) is 0 Å². The molecule has 7 heteroatoms. The van der Waals surface area contributed by atoms with Gasteiger partial charge in [-0.1, -0.05) is 6.08 Å². The van der Waals surface area contributed by atoms with Crippen LogP contribution in [0.15, 0.2) is 24.0 Å². The molecule has 0 bridgehead atoms. The lowest BCUT2D eigenvalue weighted by molar-refractivity contribution is -0.417. The fraction of sp³-hybridized carbons (Fsp3) is 0.111. The second-order valence-electron chi connectivity index (χ2n) is 2.82. The molecule has 0 unspecified atom stereocenters. The van der Waals surface area contributed by atoms with Crippen molar-refractivity contribution in [3.63, 3.8) is 0 Å². The van der Waals surface area contributed by atoms with Gasteiger partial charge < -0.3 is 5.11 Å². The molecule has 1 heterocycles. The number of aromatic nitrogens is 2. The fourth-order valence-corrected chi connectivity index (χ4v) is 1.07. The molecule has 16 heavy (non-hydrogen) atoms. The summed E-state index contributed by atoms with van der Waals surface area (Å²) in [5.74, 6) is -1.24. The molecular weight excluding hydrogens is 214 g/mol. The van der Waals surface area contributed by atoms with Gasteiger partial charge in [0.2, 0.25) is 0 Å². The Morgan fingerprint density at radius 1 is 1.69 bits per heavy atom. The predicted molar refractivity (Wildman–Crippen MR) is 55.3 cm³/mol. The van der Waals surface area contributed by atoms with Gasteiger partial charge >= 0.3 is 5.97 Å². The Hall–Kier alpha value is -2.44. The molecule has 0 aromatic carbocycles. The summed E-state index contributed by atoms with van der Waals surface area (Å²) in [6.45, 7) is 1.63. The van der Waals surface area contributed by atoms with Crippen molar-refractivity contribution in [3.05, 3.63) is 45.4 Å². The van der Waals surface area contributed by atoms with Gasteiger partial charge in [-0.05, 0) is 6.92 Å². The van der Waals surface area contributed by atoms with Crippen LogP contribution in [-0.4, -0.2) is 26.2 Å². The SMILES string of the molecule is C/C=C\C(=C/c1c[nH]nc1C(=O)O)[N+](=O)[O-]. The van der Waals surface area contributed by atoms with Crippen molar-refractivity contribution < 1.29 is 14.8 Å². The summed E-state index contributed by atoms with van der Waals surface area (Å²) in [6, 6.07) is 0. The van der Waals surface area contributed by atoms with Crippen molar-refractivity contribution in [2.24, 2.45) is 0 Å². The summed E-state index contributed by atoms with van der Waals surface area (Å²) in [4.78, 5) is 20.7. The van der Waals surface area contributed by atoms with E-state index in [1.54, 1.807) is 6.92 Å². The molecule has 0 saturated heterocycles. The highest BCUT2D eigenvalue weighted by molar-refractivity contribution is 5.89. The second-order valence-corrected chi connectivity index (χ2v) is 2.82. The molecule has 0 atom stereocenters. The Bertz CT molecular complexity index is 473. The Labute approximate surface area is 90.2 Å². The van der Waals surface area contributed by atoms with Gasteiger partial charge in [-0.25, -0.2) is 4.79 Å². The number of carboxylic acids is 1. The summed E-state index contributed by atoms with van der Waals surface area (Å²) < 4.78 is 0. The normalized spacial score (nSPS) is 11.9. The topological polar surface area (TPSA) is 109 Å². The largest absolute Gasteiger partial charge is 0.476 e. The third kappa shape index (κ3) is 2.53. The average Bonchev–Trinajstić information content (AvgIpc) is 2.65. The van der Waals surface area contributed by atoms with Crippen LogP contribution in [0, 0.1) is 10.1 Å². The van der Waals surface area contributed by atoms with Crippen molar-refractivity contribution in [1.82, 2.24) is 10.2 Å². The molecule has 1 rings (SSSR count). The summed E-state index contributed by atoms with van der Waals surface area (Å²) in [5.41, 5.74) is -0.285. The first-order valence-electron chi connectivity index (χ1n) is 4.32. The molecule has 84 valence electrons. The highest BCUT2D eigenvalue weighted by atomic mass is 16.6. The number of hydrogen-bond donors (Lipinski definition) is 2. The van der Waals surface area contributed by atoms with E-state index in [1.807, 2.05) is 0 Å². The van der Waals surface area contributed by atoms with Gasteiger partial charge in [0, 0.05) is 23.9 Å². The zero-order valence-corrected chi connectivity index (χ0v) is 8.38. The number of H-pyrrole nitrogens is 1. The summed E-state index contributed by atoms with van der Waals surface area (Å²) in [5, 5.41) is 25.2. The number of aromatic carboxylic acids is 1. The van der Waals surface area contributed by atoms with Gasteiger partial charge in [-0.2, -0.15) is 5.10 Å². The number of hydrogen-bond acceptors (Lipinski definition) is 4. The lowest BCUT2D eigenvalue weighted by Crippen LogP contribution is -2.00. The maximum Gasteiger partial charge on any atom is 0.357 e. The maximum atomic E-state index is 10.7. The van der Waals surface area contributed by atoms with Crippen LogP contribution in [-0.2, 0) is 0 Å². The highest BCUT2D eigenvalue weighted by Crippen LogP contribution is 2.11. The minimum Gasteiger partial charge on any atom is -0.476 e. The molecular formula is C9H9N3O4. The second kappa shape index (κ2) is 4.87. The number of rotatable bonds is 4. The first-order chi connectivity index (χ1) is 7.56. The fourth-order valence-electron chi connectivity index (χ4n) is 1.07. The minimum absolute atomic E-state index is 0.164. The van der Waals surface area contributed by atoms with Crippen molar-refractivity contribution in [2.45, 2.75) is 6.92 Å². The molecule has 0 fully saturated rings. The maximum absolute atomic E-state index is 10.7. The van der Waals surface area contributed by atoms with E-state index in [1.165, 1.54) is 18.3 Å². The van der Waals surface area contributed by atoms with Crippen molar-refractivity contribution in [3.8, 4) is 0 Å². The molecule has 7 nitrogen and oxygen atoms in total. The molecule has 0 aliphatic carbocycles. The van der Waals surface area contributed by atoms with E-state index in [4.69, 9.17) is 5.11 Å². The van der Waals surface area contributed by atoms with Gasteiger partial charge in [0.1, 0.15) is 0 Å². The molecule has 0 radical (unpaired) electrons. The first-order valence-corrected chi connectivity index (χ1v) is 4.32. The molecule has 0 aliphatic rings. The molecule has 2 N–H and O–H groups in total. The number of allylic oxidation sites excluding steroid dienone is 2. The van der Waals surface area contributed by atoms with Crippen LogP contribution in [0.1, 0.15) is 23.0 Å². The third-order valence-corrected chi connectivity index (χ3v) is 1.72. The van der Waals surface area contributed by atoms with Crippen LogP contribution in [0.4, 0.5) is 0 Å². The molecule has 0 aliphatic heterocycles. The van der Waals surface area contributed by atoms with E-state index in [9.17, 15) is 14.9 Å². The number of nitro groups is 1. The standard InChI is InChI=1S/C9H9N3O4/c1-2-3-7(12(15)16)4-6-5-10-11-8(6)9(13)14/h2-5H,1H3,(H,10,11)(H,13,14)/b3-2-,7-4+. The monoisotopic (exact) mass is 223 g/mol. The third-order valence-electron chi connectivity index (χ3n) is 1.72. The van der Waals surface area contributed by atoms with E-state index in [0.717, 1.165) is 6.08 Å². The van der Waals surface area contributed by atoms with E-state index in [0.29, 0.717) is 0 Å². The quantitative estimate of drug-likeness (QED) is 0.454. The number of nitrogens with one attached hydrogen (secondary N) is 1. The van der Waals surface area contributed by atoms with Crippen LogP contribution in [0.25, 0.3) is 6.08 Å². The summed E-state index contributed by atoms with van der Waals surface area (Å²) in [6.07, 6.45) is 5.21. The Morgan fingerprint density at radius 3 is 2.88 bits per heavy atom. The smallest absolute Gasteiger partial charge is 0.357 e. The zero-order valence-electron chi connectivity index (χ0n) is 8.38. The van der Waals surface area contributed by atoms with Crippen LogP contribution in [0.2, 0.25) is 0 Å². The van der Waals surface area contributed by atoms with E-state index in [-0.39, 0.29) is 17.0 Å². The number of carbonyl (C=O) groups is 1. The summed E-state index contributed by atoms with van der Waals surface area (Å²) >= 11 is 0. The Morgan fingerprint density at radius 2 is 2.38 bits per heavy atom. The van der Waals surface area contributed by atoms with Gasteiger partial charge in [-0.3, -0.25) is 15.2 Å². The zero-order chi connectivity index (χ0) is 12.1. The van der Waals surface area contributed by atoms with E-state index < -0.39 is 10.9 Å². The lowest BCUT2D eigenvalue weighted by Gasteiger charge is -1.92. The van der Waals surface area contributed by atoms with Crippen molar-refractivity contribution in [2.75, 3.05) is 0 Å². The van der Waals surface area contributed by atoms with Crippen LogP contribution >= 0.6 is 0 Å². The Balaban J connectivity index is 3.18. The Kier molecular flexibility index (Phi) is 3.54. The molecule has 0 spiro atoms. The lowest BCUT2D eigenvalue weighted by atomic mass is 10.2. The predicted octanol–water partition coefficient (Wildman–Crippen LogP) is 1.30. The van der Waals surface area contributed by atoms with E-state index in [2.05, 4.69) is 10.2 Å².